The normalized spacial score (nSPS) is 11.2. The van der Waals surface area contributed by atoms with Crippen LogP contribution in [-0.2, 0) is 0 Å². The summed E-state index contributed by atoms with van der Waals surface area (Å²) < 4.78 is 6.06. The molecule has 0 saturated heterocycles. The van der Waals surface area contributed by atoms with Crippen LogP contribution < -0.4 is 4.74 Å². The van der Waals surface area contributed by atoms with E-state index in [2.05, 4.69) is 9.97 Å². The zero-order valence-electron chi connectivity index (χ0n) is 11.9. The molecule has 0 saturated carbocycles. The van der Waals surface area contributed by atoms with Gasteiger partial charge in [-0.25, -0.2) is 0 Å². The molecule has 2 aromatic heterocycles. The average Bonchev–Trinajstić information content (AvgIpc) is 2.88. The standard InChI is InChI=1S/C18H13ClN2O/c1-11-8-17(14-7-6-13(19)10-16(14)20-11)22-18-9-12-4-2-3-5-15(12)21-18/h2-10,21H,1H3. The Morgan fingerprint density at radius 3 is 2.77 bits per heavy atom. The second-order valence-electron chi connectivity index (χ2n) is 5.25. The highest BCUT2D eigenvalue weighted by atomic mass is 35.5. The van der Waals surface area contributed by atoms with E-state index in [0.29, 0.717) is 10.9 Å². The van der Waals surface area contributed by atoms with Crippen molar-refractivity contribution < 1.29 is 4.74 Å². The van der Waals surface area contributed by atoms with E-state index in [1.54, 1.807) is 0 Å². The van der Waals surface area contributed by atoms with E-state index < -0.39 is 0 Å². The minimum atomic E-state index is 0.669. The number of hydrogen-bond donors (Lipinski definition) is 1. The molecule has 0 aliphatic heterocycles. The van der Waals surface area contributed by atoms with Gasteiger partial charge >= 0.3 is 0 Å². The van der Waals surface area contributed by atoms with Crippen LogP contribution in [0.25, 0.3) is 21.8 Å². The van der Waals surface area contributed by atoms with Crippen molar-refractivity contribution >= 4 is 33.4 Å². The molecule has 0 fully saturated rings. The van der Waals surface area contributed by atoms with E-state index in [1.807, 2.05) is 61.5 Å². The summed E-state index contributed by atoms with van der Waals surface area (Å²) in [6.07, 6.45) is 0. The Kier molecular flexibility index (Phi) is 3.01. The lowest BCUT2D eigenvalue weighted by atomic mass is 10.2. The van der Waals surface area contributed by atoms with Crippen molar-refractivity contribution in [2.24, 2.45) is 0 Å². The second kappa shape index (κ2) is 5.04. The topological polar surface area (TPSA) is 37.9 Å². The van der Waals surface area contributed by atoms with Gasteiger partial charge in [0.1, 0.15) is 5.75 Å². The van der Waals surface area contributed by atoms with Crippen LogP contribution in [0.1, 0.15) is 5.69 Å². The van der Waals surface area contributed by atoms with Crippen molar-refractivity contribution in [1.29, 1.82) is 0 Å². The summed E-state index contributed by atoms with van der Waals surface area (Å²) in [7, 11) is 0. The summed E-state index contributed by atoms with van der Waals surface area (Å²) in [4.78, 5) is 7.78. The van der Waals surface area contributed by atoms with Crippen LogP contribution in [0.4, 0.5) is 0 Å². The number of nitrogens with one attached hydrogen (secondary N) is 1. The Morgan fingerprint density at radius 2 is 1.91 bits per heavy atom. The minimum absolute atomic E-state index is 0.669. The summed E-state index contributed by atoms with van der Waals surface area (Å²) in [6.45, 7) is 1.94. The van der Waals surface area contributed by atoms with Crippen LogP contribution in [0.5, 0.6) is 11.6 Å². The third-order valence-corrected chi connectivity index (χ3v) is 3.82. The second-order valence-corrected chi connectivity index (χ2v) is 5.68. The maximum atomic E-state index is 6.06. The third-order valence-electron chi connectivity index (χ3n) is 3.59. The molecule has 108 valence electrons. The van der Waals surface area contributed by atoms with E-state index >= 15 is 0 Å². The number of nitrogens with zero attached hydrogens (tertiary/aromatic N) is 1. The van der Waals surface area contributed by atoms with Crippen molar-refractivity contribution in [3.8, 4) is 11.6 Å². The number of ether oxygens (including phenoxy) is 1. The molecule has 2 aromatic carbocycles. The molecule has 0 radical (unpaired) electrons. The fourth-order valence-electron chi connectivity index (χ4n) is 2.60. The first-order chi connectivity index (χ1) is 10.7. The van der Waals surface area contributed by atoms with Crippen LogP contribution in [0, 0.1) is 6.92 Å². The van der Waals surface area contributed by atoms with Gasteiger partial charge in [0, 0.05) is 39.1 Å². The number of halogens is 1. The molecule has 22 heavy (non-hydrogen) atoms. The van der Waals surface area contributed by atoms with Crippen LogP contribution in [-0.4, -0.2) is 9.97 Å². The zero-order chi connectivity index (χ0) is 15.1. The Morgan fingerprint density at radius 1 is 1.05 bits per heavy atom. The first kappa shape index (κ1) is 13.2. The predicted molar refractivity (Wildman–Crippen MR) is 89.9 cm³/mol. The number of fused-ring (bicyclic) bond motifs is 2. The van der Waals surface area contributed by atoms with Crippen molar-refractivity contribution in [3.63, 3.8) is 0 Å². The average molecular weight is 309 g/mol. The van der Waals surface area contributed by atoms with E-state index in [-0.39, 0.29) is 0 Å². The van der Waals surface area contributed by atoms with Crippen LogP contribution in [0.15, 0.2) is 54.6 Å². The van der Waals surface area contributed by atoms with E-state index in [4.69, 9.17) is 16.3 Å². The van der Waals surface area contributed by atoms with Crippen LogP contribution in [0.3, 0.4) is 0 Å². The number of aromatic nitrogens is 2. The first-order valence-corrected chi connectivity index (χ1v) is 7.39. The molecule has 0 atom stereocenters. The fourth-order valence-corrected chi connectivity index (χ4v) is 2.77. The smallest absolute Gasteiger partial charge is 0.198 e. The Bertz CT molecular complexity index is 953. The Labute approximate surface area is 132 Å². The number of pyridine rings is 1. The number of aryl methyl sites for hydroxylation is 1. The number of para-hydroxylation sites is 1. The molecule has 0 amide bonds. The third kappa shape index (κ3) is 2.30. The van der Waals surface area contributed by atoms with Crippen molar-refractivity contribution in [2.45, 2.75) is 6.92 Å². The number of hydrogen-bond acceptors (Lipinski definition) is 2. The van der Waals surface area contributed by atoms with Gasteiger partial charge in [0.25, 0.3) is 0 Å². The molecule has 4 rings (SSSR count). The first-order valence-electron chi connectivity index (χ1n) is 7.01. The molecule has 0 unspecified atom stereocenters. The molecule has 0 bridgehead atoms. The summed E-state index contributed by atoms with van der Waals surface area (Å²) in [6, 6.07) is 17.6. The number of benzene rings is 2. The minimum Gasteiger partial charge on any atom is -0.440 e. The molecule has 3 nitrogen and oxygen atoms in total. The quantitative estimate of drug-likeness (QED) is 0.533. The number of rotatable bonds is 2. The van der Waals surface area contributed by atoms with Gasteiger partial charge in [0.05, 0.1) is 5.52 Å². The molecular formula is C18H13ClN2O. The lowest BCUT2D eigenvalue weighted by Gasteiger charge is -2.08. The van der Waals surface area contributed by atoms with Crippen molar-refractivity contribution in [2.75, 3.05) is 0 Å². The van der Waals surface area contributed by atoms with Gasteiger partial charge in [-0.1, -0.05) is 29.8 Å². The maximum Gasteiger partial charge on any atom is 0.198 e. The van der Waals surface area contributed by atoms with E-state index in [9.17, 15) is 0 Å². The highest BCUT2D eigenvalue weighted by molar-refractivity contribution is 6.31. The van der Waals surface area contributed by atoms with Crippen LogP contribution >= 0.6 is 11.6 Å². The van der Waals surface area contributed by atoms with Gasteiger partial charge < -0.3 is 9.72 Å². The van der Waals surface area contributed by atoms with Gasteiger partial charge in [-0.2, -0.15) is 0 Å². The zero-order valence-corrected chi connectivity index (χ0v) is 12.7. The summed E-state index contributed by atoms with van der Waals surface area (Å²) in [5.41, 5.74) is 2.77. The van der Waals surface area contributed by atoms with Gasteiger partial charge in [-0.15, -0.1) is 0 Å². The summed E-state index contributed by atoms with van der Waals surface area (Å²) in [5.74, 6) is 1.48. The number of aromatic amines is 1. The van der Waals surface area contributed by atoms with Gasteiger partial charge in [-0.3, -0.25) is 4.98 Å². The lowest BCUT2D eigenvalue weighted by Crippen LogP contribution is -1.90. The predicted octanol–water partition coefficient (Wildman–Crippen LogP) is 5.47. The van der Waals surface area contributed by atoms with Crippen molar-refractivity contribution in [1.82, 2.24) is 9.97 Å². The fraction of sp³-hybridized carbons (Fsp3) is 0.0556. The summed E-state index contributed by atoms with van der Waals surface area (Å²) >= 11 is 6.05. The molecular weight excluding hydrogens is 296 g/mol. The number of H-pyrrole nitrogens is 1. The maximum absolute atomic E-state index is 6.06. The highest BCUT2D eigenvalue weighted by Crippen LogP contribution is 2.32. The summed E-state index contributed by atoms with van der Waals surface area (Å²) in [5, 5.41) is 2.73. The molecule has 0 spiro atoms. The molecule has 0 aliphatic rings. The molecule has 4 aromatic rings. The largest absolute Gasteiger partial charge is 0.440 e. The van der Waals surface area contributed by atoms with Gasteiger partial charge in [-0.05, 0) is 31.2 Å². The molecule has 1 N–H and O–H groups in total. The van der Waals surface area contributed by atoms with Gasteiger partial charge in [0.15, 0.2) is 5.88 Å². The lowest BCUT2D eigenvalue weighted by molar-refractivity contribution is 0.472. The SMILES string of the molecule is Cc1cc(Oc2cc3ccccc3[nH]2)c2ccc(Cl)cc2n1. The molecule has 4 heteroatoms. The molecule has 0 aliphatic carbocycles. The van der Waals surface area contributed by atoms with E-state index in [0.717, 1.165) is 33.2 Å². The van der Waals surface area contributed by atoms with Gasteiger partial charge in [0.2, 0.25) is 0 Å². The Hall–Kier alpha value is -2.52. The molecule has 2 heterocycles. The van der Waals surface area contributed by atoms with Crippen molar-refractivity contribution in [3.05, 3.63) is 65.3 Å². The monoisotopic (exact) mass is 308 g/mol. The van der Waals surface area contributed by atoms with Crippen LogP contribution in [0.2, 0.25) is 5.02 Å². The Balaban J connectivity index is 1.83. The van der Waals surface area contributed by atoms with E-state index in [1.165, 1.54) is 0 Å². The highest BCUT2D eigenvalue weighted by Gasteiger charge is 2.09.